The minimum absolute atomic E-state index is 0.0893. The summed E-state index contributed by atoms with van der Waals surface area (Å²) in [5.41, 5.74) is 1.43. The number of benzene rings is 2. The molecule has 0 bridgehead atoms. The number of carbonyl (C=O) groups excluding carboxylic acids is 1. The van der Waals surface area contributed by atoms with Crippen molar-refractivity contribution in [2.45, 2.75) is 19.6 Å². The van der Waals surface area contributed by atoms with E-state index in [0.29, 0.717) is 11.3 Å². The third-order valence-corrected chi connectivity index (χ3v) is 5.40. The normalized spacial score (nSPS) is 12.0. The Hall–Kier alpha value is -3.05. The zero-order chi connectivity index (χ0) is 18.6. The van der Waals surface area contributed by atoms with Crippen molar-refractivity contribution < 1.29 is 13.9 Å². The molecule has 4 nitrogen and oxygen atoms in total. The van der Waals surface area contributed by atoms with Gasteiger partial charge in [0.25, 0.3) is 5.91 Å². The largest absolute Gasteiger partial charge is 0.489 e. The van der Waals surface area contributed by atoms with Crippen LogP contribution in [0.4, 0.5) is 0 Å². The van der Waals surface area contributed by atoms with E-state index >= 15 is 0 Å². The molecule has 0 saturated carbocycles. The molecule has 2 aromatic heterocycles. The van der Waals surface area contributed by atoms with Crippen LogP contribution in [0, 0.1) is 0 Å². The fraction of sp³-hybridized carbons (Fsp3) is 0.136. The van der Waals surface area contributed by atoms with Crippen LogP contribution in [0.25, 0.3) is 11.0 Å². The van der Waals surface area contributed by atoms with Gasteiger partial charge in [0.2, 0.25) is 0 Å². The molecule has 1 atom stereocenters. The highest BCUT2D eigenvalue weighted by Gasteiger charge is 2.22. The number of ether oxygens (including phenoxy) is 1. The average molecular weight is 377 g/mol. The molecule has 0 fully saturated rings. The number of thiophene rings is 1. The maximum absolute atomic E-state index is 12.9. The van der Waals surface area contributed by atoms with Crippen molar-refractivity contribution in [3.63, 3.8) is 0 Å². The van der Waals surface area contributed by atoms with E-state index in [1.807, 2.05) is 79.0 Å². The fourth-order valence-corrected chi connectivity index (χ4v) is 3.70. The second-order valence-electron chi connectivity index (χ2n) is 6.22. The van der Waals surface area contributed by atoms with Gasteiger partial charge in [-0.25, -0.2) is 0 Å². The summed E-state index contributed by atoms with van der Waals surface area (Å²) in [4.78, 5) is 14.0. The van der Waals surface area contributed by atoms with E-state index < -0.39 is 0 Å². The summed E-state index contributed by atoms with van der Waals surface area (Å²) in [5, 5.41) is 5.91. The Balaban J connectivity index is 1.62. The van der Waals surface area contributed by atoms with Crippen molar-refractivity contribution in [3.05, 3.63) is 88.3 Å². The van der Waals surface area contributed by atoms with Crippen LogP contribution in [0.2, 0.25) is 0 Å². The molecule has 0 spiro atoms. The Morgan fingerprint density at radius 1 is 1.07 bits per heavy atom. The van der Waals surface area contributed by atoms with Crippen molar-refractivity contribution >= 4 is 28.2 Å². The zero-order valence-corrected chi connectivity index (χ0v) is 15.7. The smallest absolute Gasteiger partial charge is 0.287 e. The maximum Gasteiger partial charge on any atom is 0.287 e. The number of rotatable bonds is 6. The van der Waals surface area contributed by atoms with Gasteiger partial charge in [0, 0.05) is 15.8 Å². The van der Waals surface area contributed by atoms with Crippen LogP contribution in [0.5, 0.6) is 5.75 Å². The number of hydrogen-bond donors (Lipinski definition) is 1. The molecule has 0 radical (unpaired) electrons. The Morgan fingerprint density at radius 3 is 2.63 bits per heavy atom. The van der Waals surface area contributed by atoms with Crippen LogP contribution < -0.4 is 10.1 Å². The number of furan rings is 1. The van der Waals surface area contributed by atoms with Crippen LogP contribution in [-0.2, 0) is 6.61 Å². The summed E-state index contributed by atoms with van der Waals surface area (Å²) in [6.45, 7) is 2.23. The quantitative estimate of drug-likeness (QED) is 0.478. The number of para-hydroxylation sites is 2. The van der Waals surface area contributed by atoms with Gasteiger partial charge < -0.3 is 14.5 Å². The minimum atomic E-state index is -0.237. The van der Waals surface area contributed by atoms with E-state index in [2.05, 4.69) is 5.32 Å². The highest BCUT2D eigenvalue weighted by atomic mass is 32.1. The minimum Gasteiger partial charge on any atom is -0.489 e. The lowest BCUT2D eigenvalue weighted by molar-refractivity contribution is 0.0911. The van der Waals surface area contributed by atoms with Crippen molar-refractivity contribution in [2.75, 3.05) is 0 Å². The van der Waals surface area contributed by atoms with Gasteiger partial charge in [-0.05, 0) is 36.6 Å². The van der Waals surface area contributed by atoms with Gasteiger partial charge >= 0.3 is 0 Å². The third-order valence-electron chi connectivity index (χ3n) is 4.35. The van der Waals surface area contributed by atoms with Gasteiger partial charge in [-0.2, -0.15) is 0 Å². The highest BCUT2D eigenvalue weighted by molar-refractivity contribution is 7.10. The number of carbonyl (C=O) groups is 1. The van der Waals surface area contributed by atoms with E-state index in [1.165, 1.54) is 0 Å². The van der Waals surface area contributed by atoms with E-state index in [1.54, 1.807) is 11.3 Å². The molecule has 1 unspecified atom stereocenters. The second-order valence-corrected chi connectivity index (χ2v) is 7.20. The molecule has 2 aromatic carbocycles. The Morgan fingerprint density at radius 2 is 1.85 bits per heavy atom. The summed E-state index contributed by atoms with van der Waals surface area (Å²) < 4.78 is 11.8. The zero-order valence-electron chi connectivity index (χ0n) is 14.8. The molecule has 0 aliphatic carbocycles. The average Bonchev–Trinajstić information content (AvgIpc) is 3.35. The molecule has 0 aliphatic rings. The van der Waals surface area contributed by atoms with Gasteiger partial charge in [-0.15, -0.1) is 11.3 Å². The number of nitrogens with one attached hydrogen (secondary N) is 1. The van der Waals surface area contributed by atoms with Crippen LogP contribution in [0.15, 0.2) is 76.5 Å². The Labute approximate surface area is 161 Å². The number of hydrogen-bond acceptors (Lipinski definition) is 4. The molecular formula is C22H19NO3S. The SMILES string of the molecule is CC(NC(=O)c1oc2ccccc2c1COc1ccccc1)c1cccs1. The standard InChI is InChI=1S/C22H19NO3S/c1-15(20-12-7-13-27-20)23-22(24)21-18(14-25-16-8-3-2-4-9-16)17-10-5-6-11-19(17)26-21/h2-13,15H,14H2,1H3,(H,23,24). The van der Waals surface area contributed by atoms with E-state index in [-0.39, 0.29) is 18.6 Å². The summed E-state index contributed by atoms with van der Waals surface area (Å²) in [7, 11) is 0. The molecule has 0 aliphatic heterocycles. The van der Waals surface area contributed by atoms with Gasteiger partial charge in [0.15, 0.2) is 5.76 Å². The van der Waals surface area contributed by atoms with Crippen LogP contribution in [-0.4, -0.2) is 5.91 Å². The summed E-state index contributed by atoms with van der Waals surface area (Å²) in [5.74, 6) is 0.815. The van der Waals surface area contributed by atoms with Crippen LogP contribution in [0.3, 0.4) is 0 Å². The van der Waals surface area contributed by atoms with Crippen LogP contribution >= 0.6 is 11.3 Å². The van der Waals surface area contributed by atoms with Crippen molar-refractivity contribution in [2.24, 2.45) is 0 Å². The highest BCUT2D eigenvalue weighted by Crippen LogP contribution is 2.28. The van der Waals surface area contributed by atoms with Gasteiger partial charge in [-0.3, -0.25) is 4.79 Å². The first kappa shape index (κ1) is 17.4. The topological polar surface area (TPSA) is 51.5 Å². The first-order chi connectivity index (χ1) is 13.2. The van der Waals surface area contributed by atoms with Crippen LogP contribution in [0.1, 0.15) is 34.0 Å². The van der Waals surface area contributed by atoms with Crippen molar-refractivity contribution in [1.82, 2.24) is 5.32 Å². The van der Waals surface area contributed by atoms with Gasteiger partial charge in [0.05, 0.1) is 6.04 Å². The molecular weight excluding hydrogens is 358 g/mol. The lowest BCUT2D eigenvalue weighted by Crippen LogP contribution is -2.26. The number of fused-ring (bicyclic) bond motifs is 1. The lowest BCUT2D eigenvalue weighted by atomic mass is 10.1. The fourth-order valence-electron chi connectivity index (χ4n) is 2.97. The molecule has 1 amide bonds. The third kappa shape index (κ3) is 3.73. The van der Waals surface area contributed by atoms with Gasteiger partial charge in [0.1, 0.15) is 17.9 Å². The lowest BCUT2D eigenvalue weighted by Gasteiger charge is -2.12. The summed E-state index contributed by atoms with van der Waals surface area (Å²) in [6, 6.07) is 21.1. The number of amides is 1. The summed E-state index contributed by atoms with van der Waals surface area (Å²) in [6.07, 6.45) is 0. The molecule has 4 rings (SSSR count). The first-order valence-electron chi connectivity index (χ1n) is 8.75. The van der Waals surface area contributed by atoms with Crippen molar-refractivity contribution in [1.29, 1.82) is 0 Å². The Kier molecular flexibility index (Phi) is 4.94. The maximum atomic E-state index is 12.9. The van der Waals surface area contributed by atoms with Gasteiger partial charge in [-0.1, -0.05) is 42.5 Å². The molecule has 0 saturated heterocycles. The van der Waals surface area contributed by atoms with E-state index in [0.717, 1.165) is 21.6 Å². The van der Waals surface area contributed by atoms with E-state index in [4.69, 9.17) is 9.15 Å². The second kappa shape index (κ2) is 7.68. The first-order valence-corrected chi connectivity index (χ1v) is 9.63. The molecule has 5 heteroatoms. The summed E-state index contributed by atoms with van der Waals surface area (Å²) >= 11 is 1.61. The monoisotopic (exact) mass is 377 g/mol. The predicted molar refractivity (Wildman–Crippen MR) is 107 cm³/mol. The molecule has 4 aromatic rings. The molecule has 2 heterocycles. The Bertz CT molecular complexity index is 1040. The molecule has 136 valence electrons. The van der Waals surface area contributed by atoms with E-state index in [9.17, 15) is 4.79 Å². The molecule has 1 N–H and O–H groups in total. The predicted octanol–water partition coefficient (Wildman–Crippen LogP) is 5.56. The van der Waals surface area contributed by atoms with Crippen molar-refractivity contribution in [3.8, 4) is 5.75 Å². The molecule has 27 heavy (non-hydrogen) atoms.